The first-order valence-electron chi connectivity index (χ1n) is 6.99. The van der Waals surface area contributed by atoms with Gasteiger partial charge in [0.05, 0.1) is 10.6 Å². The molecule has 3 nitrogen and oxygen atoms in total. The highest BCUT2D eigenvalue weighted by Gasteiger charge is 2.42. The smallest absolute Gasteiger partial charge is 0.185 e. The molecular weight excluding hydrogens is 262 g/mol. The Morgan fingerprint density at radius 1 is 1.42 bits per heavy atom. The van der Waals surface area contributed by atoms with E-state index in [1.807, 2.05) is 0 Å². The lowest BCUT2D eigenvalue weighted by atomic mass is 9.81. The van der Waals surface area contributed by atoms with E-state index in [2.05, 4.69) is 4.98 Å². The zero-order valence-corrected chi connectivity index (χ0v) is 11.7. The van der Waals surface area contributed by atoms with Crippen molar-refractivity contribution >= 4 is 17.4 Å². The Labute approximate surface area is 118 Å². The first-order valence-corrected chi connectivity index (χ1v) is 7.37. The number of pyridine rings is 1. The van der Waals surface area contributed by atoms with Crippen molar-refractivity contribution in [3.63, 3.8) is 0 Å². The van der Waals surface area contributed by atoms with Crippen molar-refractivity contribution in [2.45, 2.75) is 44.1 Å². The van der Waals surface area contributed by atoms with Gasteiger partial charge in [-0.25, -0.2) is 0 Å². The molecule has 0 amide bonds. The molecule has 2 heterocycles. The first-order chi connectivity index (χ1) is 9.20. The van der Waals surface area contributed by atoms with Gasteiger partial charge in [-0.1, -0.05) is 24.4 Å². The fraction of sp³-hybridized carbons (Fsp3) is 0.600. The summed E-state index contributed by atoms with van der Waals surface area (Å²) >= 11 is 6.07. The van der Waals surface area contributed by atoms with Crippen molar-refractivity contribution in [3.05, 3.63) is 29.0 Å². The van der Waals surface area contributed by atoms with E-state index < -0.39 is 0 Å². The predicted molar refractivity (Wildman–Crippen MR) is 73.5 cm³/mol. The molecule has 1 aliphatic carbocycles. The number of ether oxygens (including phenoxy) is 1. The van der Waals surface area contributed by atoms with E-state index in [1.165, 1.54) is 12.8 Å². The molecular formula is C15H18ClNO2. The lowest BCUT2D eigenvalue weighted by Crippen LogP contribution is -2.40. The third kappa shape index (κ3) is 2.54. The van der Waals surface area contributed by atoms with E-state index in [0.29, 0.717) is 17.3 Å². The van der Waals surface area contributed by atoms with Crippen LogP contribution in [0.25, 0.3) is 0 Å². The van der Waals surface area contributed by atoms with E-state index in [-0.39, 0.29) is 17.3 Å². The van der Waals surface area contributed by atoms with Crippen LogP contribution in [0.1, 0.15) is 49.0 Å². The van der Waals surface area contributed by atoms with Crippen molar-refractivity contribution in [2.24, 2.45) is 5.92 Å². The summed E-state index contributed by atoms with van der Waals surface area (Å²) in [5, 5.41) is 0.458. The molecule has 1 saturated carbocycles. The topological polar surface area (TPSA) is 39.2 Å². The molecule has 0 bridgehead atoms. The van der Waals surface area contributed by atoms with Crippen LogP contribution in [0.3, 0.4) is 0 Å². The Morgan fingerprint density at radius 2 is 2.21 bits per heavy atom. The Balaban J connectivity index is 1.78. The molecule has 1 spiro atoms. The molecule has 0 radical (unpaired) electrons. The second kappa shape index (κ2) is 5.22. The number of rotatable bonds is 2. The number of halogens is 1. The Kier molecular flexibility index (Phi) is 3.59. The molecule has 3 rings (SSSR count). The SMILES string of the molecule is O=C(c1ncccc1Cl)C1CCOC2(CCCC2)C1. The monoisotopic (exact) mass is 279 g/mol. The van der Waals surface area contributed by atoms with Gasteiger partial charge < -0.3 is 4.74 Å². The molecule has 1 atom stereocenters. The zero-order chi connectivity index (χ0) is 13.3. The third-order valence-corrected chi connectivity index (χ3v) is 4.68. The van der Waals surface area contributed by atoms with Crippen LogP contribution in [0, 0.1) is 5.92 Å². The second-order valence-electron chi connectivity index (χ2n) is 5.63. The number of Topliss-reactive ketones (excluding diaryl/α,β-unsaturated/α-hetero) is 1. The molecule has 1 aliphatic heterocycles. The van der Waals surface area contributed by atoms with Gasteiger partial charge in [0.1, 0.15) is 5.69 Å². The number of hydrogen-bond donors (Lipinski definition) is 0. The maximum absolute atomic E-state index is 12.6. The highest BCUT2D eigenvalue weighted by atomic mass is 35.5. The van der Waals surface area contributed by atoms with Gasteiger partial charge in [-0.2, -0.15) is 0 Å². The Hall–Kier alpha value is -0.930. The number of hydrogen-bond acceptors (Lipinski definition) is 3. The summed E-state index contributed by atoms with van der Waals surface area (Å²) in [7, 11) is 0. The van der Waals surface area contributed by atoms with Crippen LogP contribution in [0.5, 0.6) is 0 Å². The number of nitrogens with zero attached hydrogens (tertiary/aromatic N) is 1. The number of ketones is 1. The van der Waals surface area contributed by atoms with Crippen LogP contribution >= 0.6 is 11.6 Å². The molecule has 1 aromatic heterocycles. The van der Waals surface area contributed by atoms with Crippen LogP contribution in [0.2, 0.25) is 5.02 Å². The average molecular weight is 280 g/mol. The predicted octanol–water partition coefficient (Wildman–Crippen LogP) is 3.66. The largest absolute Gasteiger partial charge is 0.375 e. The van der Waals surface area contributed by atoms with Crippen molar-refractivity contribution in [2.75, 3.05) is 6.61 Å². The van der Waals surface area contributed by atoms with Crippen LogP contribution in [-0.4, -0.2) is 23.0 Å². The average Bonchev–Trinajstić information content (AvgIpc) is 2.86. The molecule has 2 aliphatic rings. The summed E-state index contributed by atoms with van der Waals surface area (Å²) in [5.74, 6) is 0.0967. The van der Waals surface area contributed by atoms with E-state index in [1.54, 1.807) is 18.3 Å². The fourth-order valence-corrected chi connectivity index (χ4v) is 3.59. The summed E-state index contributed by atoms with van der Waals surface area (Å²) in [6.07, 6.45) is 7.85. The minimum absolute atomic E-state index is 0.0132. The third-order valence-electron chi connectivity index (χ3n) is 4.37. The van der Waals surface area contributed by atoms with Crippen molar-refractivity contribution in [1.29, 1.82) is 0 Å². The standard InChI is InChI=1S/C15H18ClNO2/c16-12-4-3-8-17-13(12)14(18)11-5-9-19-15(10-11)6-1-2-7-15/h3-4,8,11H,1-2,5-7,9-10H2. The van der Waals surface area contributed by atoms with E-state index >= 15 is 0 Å². The lowest BCUT2D eigenvalue weighted by Gasteiger charge is -2.37. The molecule has 0 N–H and O–H groups in total. The molecule has 102 valence electrons. The fourth-order valence-electron chi connectivity index (χ4n) is 3.38. The summed E-state index contributed by atoms with van der Waals surface area (Å²) in [6, 6.07) is 3.48. The van der Waals surface area contributed by atoms with Gasteiger partial charge in [0.2, 0.25) is 0 Å². The van der Waals surface area contributed by atoms with Gasteiger partial charge in [0.25, 0.3) is 0 Å². The maximum Gasteiger partial charge on any atom is 0.185 e. The van der Waals surface area contributed by atoms with Gasteiger partial charge in [0, 0.05) is 18.7 Å². The molecule has 1 aromatic rings. The Bertz CT molecular complexity index is 483. The van der Waals surface area contributed by atoms with E-state index in [0.717, 1.165) is 25.7 Å². The summed E-state index contributed by atoms with van der Waals surface area (Å²) < 4.78 is 5.97. The quantitative estimate of drug-likeness (QED) is 0.776. The lowest BCUT2D eigenvalue weighted by molar-refractivity contribution is -0.0866. The van der Waals surface area contributed by atoms with Gasteiger partial charge in [-0.3, -0.25) is 9.78 Å². The van der Waals surface area contributed by atoms with Crippen LogP contribution in [0.15, 0.2) is 18.3 Å². The van der Waals surface area contributed by atoms with Gasteiger partial charge in [-0.15, -0.1) is 0 Å². The highest BCUT2D eigenvalue weighted by Crippen LogP contribution is 2.42. The molecule has 2 fully saturated rings. The summed E-state index contributed by atoms with van der Waals surface area (Å²) in [6.45, 7) is 0.681. The van der Waals surface area contributed by atoms with E-state index in [9.17, 15) is 4.79 Å². The summed E-state index contributed by atoms with van der Waals surface area (Å²) in [5.41, 5.74) is 0.379. The van der Waals surface area contributed by atoms with Crippen molar-refractivity contribution < 1.29 is 9.53 Å². The first kappa shape index (κ1) is 13.1. The molecule has 4 heteroatoms. The molecule has 19 heavy (non-hydrogen) atoms. The molecule has 1 unspecified atom stereocenters. The minimum Gasteiger partial charge on any atom is -0.375 e. The van der Waals surface area contributed by atoms with Crippen molar-refractivity contribution in [3.8, 4) is 0 Å². The summed E-state index contributed by atoms with van der Waals surface area (Å²) in [4.78, 5) is 16.7. The number of aromatic nitrogens is 1. The zero-order valence-electron chi connectivity index (χ0n) is 10.9. The maximum atomic E-state index is 12.6. The van der Waals surface area contributed by atoms with Crippen LogP contribution in [0.4, 0.5) is 0 Å². The highest BCUT2D eigenvalue weighted by molar-refractivity contribution is 6.33. The number of carbonyl (C=O) groups is 1. The van der Waals surface area contributed by atoms with Gasteiger partial charge >= 0.3 is 0 Å². The number of carbonyl (C=O) groups excluding carboxylic acids is 1. The normalized spacial score (nSPS) is 25.6. The van der Waals surface area contributed by atoms with Crippen LogP contribution in [-0.2, 0) is 4.74 Å². The van der Waals surface area contributed by atoms with E-state index in [4.69, 9.17) is 16.3 Å². The molecule has 1 saturated heterocycles. The van der Waals surface area contributed by atoms with Crippen molar-refractivity contribution in [1.82, 2.24) is 4.98 Å². The Morgan fingerprint density at radius 3 is 2.95 bits per heavy atom. The second-order valence-corrected chi connectivity index (χ2v) is 6.03. The van der Waals surface area contributed by atoms with Crippen LogP contribution < -0.4 is 0 Å². The minimum atomic E-state index is -0.0418. The molecule has 0 aromatic carbocycles. The van der Waals surface area contributed by atoms with Gasteiger partial charge in [-0.05, 0) is 37.8 Å². The van der Waals surface area contributed by atoms with Gasteiger partial charge in [0.15, 0.2) is 5.78 Å².